The molecule has 8 rings (SSSR count). The lowest BCUT2D eigenvalue weighted by molar-refractivity contribution is -0.176. The van der Waals surface area contributed by atoms with E-state index < -0.39 is 11.9 Å². The summed E-state index contributed by atoms with van der Waals surface area (Å²) in [6.45, 7) is 7.00. The predicted molar refractivity (Wildman–Crippen MR) is 211 cm³/mol. The molecule has 0 aliphatic heterocycles. The molecule has 4 aliphatic carbocycles. The van der Waals surface area contributed by atoms with E-state index >= 15 is 0 Å². The second kappa shape index (κ2) is 14.5. The van der Waals surface area contributed by atoms with E-state index in [4.69, 9.17) is 14.2 Å². The maximum absolute atomic E-state index is 14.2. The van der Waals surface area contributed by atoms with Crippen LogP contribution >= 0.6 is 0 Å². The zero-order chi connectivity index (χ0) is 38.6. The van der Waals surface area contributed by atoms with Gasteiger partial charge in [0.15, 0.2) is 0 Å². The van der Waals surface area contributed by atoms with Crippen molar-refractivity contribution in [3.63, 3.8) is 0 Å². The Balaban J connectivity index is 1.05. The Hall–Kier alpha value is -4.59. The van der Waals surface area contributed by atoms with E-state index in [2.05, 4.69) is 20.8 Å². The third-order valence-electron chi connectivity index (χ3n) is 15.2. The van der Waals surface area contributed by atoms with Crippen molar-refractivity contribution in [3.8, 4) is 11.5 Å². The fraction of sp³-hybridized carbons (Fsp3) is 0.511. The molecule has 0 heterocycles. The van der Waals surface area contributed by atoms with E-state index in [-0.39, 0.29) is 63.5 Å². The van der Waals surface area contributed by atoms with E-state index in [9.17, 15) is 24.6 Å². The van der Waals surface area contributed by atoms with Crippen molar-refractivity contribution in [2.24, 2.45) is 46.3 Å². The molecule has 290 valence electrons. The minimum absolute atomic E-state index is 0.0252. The first-order valence-corrected chi connectivity index (χ1v) is 20.3. The van der Waals surface area contributed by atoms with Gasteiger partial charge in [-0.25, -0.2) is 9.59 Å². The number of fused-ring (bicyclic) bond motifs is 7. The molecule has 0 aromatic heterocycles. The fourth-order valence-electron chi connectivity index (χ4n) is 12.3. The van der Waals surface area contributed by atoms with Crippen molar-refractivity contribution in [1.29, 1.82) is 0 Å². The number of carbonyl (C=O) groups is 3. The molecule has 8 heteroatoms. The van der Waals surface area contributed by atoms with Crippen molar-refractivity contribution in [1.82, 2.24) is 0 Å². The predicted octanol–water partition coefficient (Wildman–Crippen LogP) is 10.0. The number of hydrogen-bond donors (Lipinski definition) is 2. The fourth-order valence-corrected chi connectivity index (χ4v) is 12.3. The standard InChI is InChI=1S/C47H54O8/c1-27(13-22-41(48)53-4)37-20-21-38-34-19-16-30-25-31(54-44(51)35-17-14-28-9-5-7-11-32(28)42(35)49)23-24-46(30,2)39(34)26-40(47(37,38)3)55-45(52)36-18-15-29-10-6-8-12-33(29)43(36)50/h5-12,14-15,17-18,27,30-31,34,37-40,49-50H,13,16,19-26H2,1-4H3/t27-,30-,31-,34+,37-,38+,39+,40+,46+,47-/m1/s1. The summed E-state index contributed by atoms with van der Waals surface area (Å²) in [4.78, 5) is 39.9. The van der Waals surface area contributed by atoms with Gasteiger partial charge in [0.2, 0.25) is 0 Å². The first-order chi connectivity index (χ1) is 26.4. The van der Waals surface area contributed by atoms with Crippen LogP contribution in [0, 0.1) is 46.3 Å². The Bertz CT molecular complexity index is 2120. The van der Waals surface area contributed by atoms with Crippen LogP contribution in [0.4, 0.5) is 0 Å². The van der Waals surface area contributed by atoms with Gasteiger partial charge < -0.3 is 24.4 Å². The highest BCUT2D eigenvalue weighted by Gasteiger charge is 2.65. The van der Waals surface area contributed by atoms with Crippen LogP contribution in [0.2, 0.25) is 0 Å². The summed E-state index contributed by atoms with van der Waals surface area (Å²) in [5.74, 6) is 0.704. The lowest BCUT2D eigenvalue weighted by atomic mass is 9.43. The highest BCUT2D eigenvalue weighted by molar-refractivity contribution is 6.02. The summed E-state index contributed by atoms with van der Waals surface area (Å²) < 4.78 is 17.8. The minimum Gasteiger partial charge on any atom is -0.506 e. The van der Waals surface area contributed by atoms with Gasteiger partial charge in [-0.15, -0.1) is 0 Å². The van der Waals surface area contributed by atoms with E-state index in [1.54, 1.807) is 12.1 Å². The second-order valence-electron chi connectivity index (χ2n) is 17.6. The summed E-state index contributed by atoms with van der Waals surface area (Å²) in [6, 6.07) is 22.0. The quantitative estimate of drug-likeness (QED) is 0.135. The molecule has 4 aliphatic rings. The van der Waals surface area contributed by atoms with Crippen LogP contribution in [0.25, 0.3) is 21.5 Å². The molecule has 4 aromatic rings. The molecule has 0 radical (unpaired) electrons. The first-order valence-electron chi connectivity index (χ1n) is 20.3. The first kappa shape index (κ1) is 37.3. The van der Waals surface area contributed by atoms with Crippen LogP contribution in [0.1, 0.15) is 106 Å². The number of benzene rings is 4. The number of aromatic hydroxyl groups is 2. The second-order valence-corrected chi connectivity index (χ2v) is 17.6. The molecule has 2 N–H and O–H groups in total. The molecule has 4 aromatic carbocycles. The third kappa shape index (κ3) is 6.33. The smallest absolute Gasteiger partial charge is 0.342 e. The number of hydrogen-bond acceptors (Lipinski definition) is 8. The van der Waals surface area contributed by atoms with Crippen molar-refractivity contribution >= 4 is 39.5 Å². The van der Waals surface area contributed by atoms with Gasteiger partial charge in [0.25, 0.3) is 0 Å². The Morgan fingerprint density at radius 2 is 1.36 bits per heavy atom. The van der Waals surface area contributed by atoms with E-state index in [1.165, 1.54) is 7.11 Å². The van der Waals surface area contributed by atoms with Crippen molar-refractivity contribution in [2.45, 2.75) is 97.2 Å². The van der Waals surface area contributed by atoms with Gasteiger partial charge in [-0.2, -0.15) is 0 Å². The molecule has 4 fully saturated rings. The van der Waals surface area contributed by atoms with Crippen LogP contribution < -0.4 is 0 Å². The largest absolute Gasteiger partial charge is 0.506 e. The van der Waals surface area contributed by atoms with Crippen LogP contribution in [0.3, 0.4) is 0 Å². The van der Waals surface area contributed by atoms with Crippen molar-refractivity contribution in [3.05, 3.63) is 83.9 Å². The summed E-state index contributed by atoms with van der Waals surface area (Å²) in [5.41, 5.74) is 0.0573. The Kier molecular flexibility index (Phi) is 9.83. The SMILES string of the molecule is COC(=O)CC[C@@H](C)[C@H]1CC[C@H]2[C@@H]3CC[C@@H]4C[C@H](OC(=O)c5ccc6ccccc6c5O)CC[C@]4(C)[C@H]3C[C@H](OC(=O)c3ccc4ccccc4c3O)[C@]12C. The van der Waals surface area contributed by atoms with E-state index in [0.717, 1.165) is 68.6 Å². The van der Waals surface area contributed by atoms with Crippen molar-refractivity contribution < 1.29 is 38.8 Å². The molecule has 10 atom stereocenters. The highest BCUT2D eigenvalue weighted by atomic mass is 16.5. The molecule has 0 spiro atoms. The molecule has 0 saturated heterocycles. The van der Waals surface area contributed by atoms with E-state index in [0.29, 0.717) is 40.9 Å². The topological polar surface area (TPSA) is 119 Å². The maximum Gasteiger partial charge on any atom is 0.342 e. The number of esters is 3. The zero-order valence-corrected chi connectivity index (χ0v) is 32.5. The van der Waals surface area contributed by atoms with E-state index in [1.807, 2.05) is 60.7 Å². The minimum atomic E-state index is -0.496. The Morgan fingerprint density at radius 1 is 0.745 bits per heavy atom. The number of methoxy groups -OCH3 is 1. The van der Waals surface area contributed by atoms with Gasteiger partial charge in [0, 0.05) is 22.6 Å². The van der Waals surface area contributed by atoms with Gasteiger partial charge >= 0.3 is 17.9 Å². The third-order valence-corrected chi connectivity index (χ3v) is 15.2. The molecule has 0 amide bonds. The molecular formula is C47H54O8. The average Bonchev–Trinajstić information content (AvgIpc) is 3.56. The maximum atomic E-state index is 14.2. The Morgan fingerprint density at radius 3 is 2.00 bits per heavy atom. The lowest BCUT2D eigenvalue weighted by Crippen LogP contribution is -2.59. The summed E-state index contributed by atoms with van der Waals surface area (Å²) >= 11 is 0. The summed E-state index contributed by atoms with van der Waals surface area (Å²) in [5, 5.41) is 25.2. The molecule has 55 heavy (non-hydrogen) atoms. The lowest BCUT2D eigenvalue weighted by Gasteiger charge is -2.62. The highest BCUT2D eigenvalue weighted by Crippen LogP contribution is 2.69. The normalized spacial score (nSPS) is 31.8. The monoisotopic (exact) mass is 746 g/mol. The molecule has 4 saturated carbocycles. The summed E-state index contributed by atoms with van der Waals surface area (Å²) in [6.07, 6.45) is 7.81. The zero-order valence-electron chi connectivity index (χ0n) is 32.5. The van der Waals surface area contributed by atoms with Gasteiger partial charge in [-0.3, -0.25) is 4.79 Å². The van der Waals surface area contributed by atoms with Gasteiger partial charge in [-0.1, -0.05) is 81.4 Å². The number of phenols is 2. The van der Waals surface area contributed by atoms with Gasteiger partial charge in [0.1, 0.15) is 34.8 Å². The van der Waals surface area contributed by atoms with Crippen LogP contribution in [-0.2, 0) is 19.0 Å². The Labute approximate surface area is 323 Å². The molecular weight excluding hydrogens is 693 g/mol. The number of rotatable bonds is 8. The van der Waals surface area contributed by atoms with Crippen LogP contribution in [0.5, 0.6) is 11.5 Å². The molecule has 8 nitrogen and oxygen atoms in total. The average molecular weight is 747 g/mol. The van der Waals surface area contributed by atoms with Gasteiger partial charge in [0.05, 0.1) is 7.11 Å². The van der Waals surface area contributed by atoms with Crippen LogP contribution in [-0.4, -0.2) is 47.4 Å². The van der Waals surface area contributed by atoms with Crippen molar-refractivity contribution in [2.75, 3.05) is 7.11 Å². The number of ether oxygens (including phenoxy) is 3. The van der Waals surface area contributed by atoms with Crippen LogP contribution in [0.15, 0.2) is 72.8 Å². The molecule has 0 unspecified atom stereocenters. The number of phenolic OH excluding ortho intramolecular Hbond substituents is 2. The summed E-state index contributed by atoms with van der Waals surface area (Å²) in [7, 11) is 1.43. The van der Waals surface area contributed by atoms with Gasteiger partial charge in [-0.05, 0) is 122 Å². The molecule has 0 bridgehead atoms. The number of carbonyl (C=O) groups excluding carboxylic acids is 3.